The largest absolute Gasteiger partial charge is 0.382 e. The molecule has 0 amide bonds. The van der Waals surface area contributed by atoms with Gasteiger partial charge in [-0.2, -0.15) is 0 Å². The molecule has 3 heterocycles. The van der Waals surface area contributed by atoms with Gasteiger partial charge in [0.2, 0.25) is 0 Å². The van der Waals surface area contributed by atoms with E-state index in [0.717, 1.165) is 17.6 Å². The number of nitrogen functional groups attached to an aromatic ring is 1. The zero-order valence-electron chi connectivity index (χ0n) is 9.11. The Bertz CT molecular complexity index is 498. The van der Waals surface area contributed by atoms with Crippen LogP contribution < -0.4 is 5.73 Å². The molecule has 2 aromatic heterocycles. The van der Waals surface area contributed by atoms with Crippen molar-refractivity contribution in [1.29, 1.82) is 0 Å². The highest BCUT2D eigenvalue weighted by atomic mass is 15.1. The number of aromatic nitrogens is 3. The number of nitrogens with one attached hydrogen (secondary N) is 1. The van der Waals surface area contributed by atoms with E-state index in [2.05, 4.69) is 19.9 Å². The van der Waals surface area contributed by atoms with Crippen molar-refractivity contribution in [2.75, 3.05) is 18.8 Å². The predicted octanol–water partition coefficient (Wildman–Crippen LogP) is 1.14. The summed E-state index contributed by atoms with van der Waals surface area (Å²) in [5.74, 6) is 0.526. The lowest BCUT2D eigenvalue weighted by Gasteiger charge is -2.12. The van der Waals surface area contributed by atoms with E-state index in [4.69, 9.17) is 5.73 Å². The monoisotopic (exact) mass is 217 g/mol. The van der Waals surface area contributed by atoms with Crippen molar-refractivity contribution in [3.63, 3.8) is 0 Å². The summed E-state index contributed by atoms with van der Waals surface area (Å²) in [7, 11) is 0. The lowest BCUT2D eigenvalue weighted by Crippen LogP contribution is -2.18. The summed E-state index contributed by atoms with van der Waals surface area (Å²) in [6, 6.07) is 0. The molecule has 0 spiro atoms. The zero-order chi connectivity index (χ0) is 11.0. The second kappa shape index (κ2) is 3.75. The van der Waals surface area contributed by atoms with Crippen molar-refractivity contribution in [3.05, 3.63) is 18.1 Å². The number of hydrogen-bond acceptors (Lipinski definition) is 4. The van der Waals surface area contributed by atoms with Gasteiger partial charge in [0, 0.05) is 18.3 Å². The predicted molar refractivity (Wildman–Crippen MR) is 62.8 cm³/mol. The number of aromatic amines is 1. The minimum atomic E-state index is 0.526. The van der Waals surface area contributed by atoms with E-state index < -0.39 is 0 Å². The fourth-order valence-electron chi connectivity index (χ4n) is 2.31. The minimum Gasteiger partial charge on any atom is -0.382 e. The first-order chi connectivity index (χ1) is 7.84. The molecule has 0 aliphatic carbocycles. The summed E-state index contributed by atoms with van der Waals surface area (Å²) in [6.45, 7) is 3.33. The molecular formula is C11H15N5. The third-order valence-corrected chi connectivity index (χ3v) is 3.16. The number of anilines is 1. The van der Waals surface area contributed by atoms with Crippen LogP contribution >= 0.6 is 0 Å². The number of nitrogens with zero attached hydrogens (tertiary/aromatic N) is 3. The van der Waals surface area contributed by atoms with Crippen molar-refractivity contribution in [2.45, 2.75) is 19.4 Å². The summed E-state index contributed by atoms with van der Waals surface area (Å²) in [6.07, 6.45) is 6.13. The van der Waals surface area contributed by atoms with Gasteiger partial charge in [0.05, 0.1) is 5.52 Å². The van der Waals surface area contributed by atoms with Gasteiger partial charge < -0.3 is 10.7 Å². The van der Waals surface area contributed by atoms with Gasteiger partial charge in [0.1, 0.15) is 11.8 Å². The minimum absolute atomic E-state index is 0.526. The van der Waals surface area contributed by atoms with Gasteiger partial charge in [-0.3, -0.25) is 4.90 Å². The standard InChI is InChI=1S/C11H15N5/c12-11-10-9(14-7-15-11)8(5-13-10)6-16-3-1-2-4-16/h5,7,13H,1-4,6H2,(H2,12,14,15). The number of nitrogens with two attached hydrogens (primary N) is 1. The number of H-pyrrole nitrogens is 1. The number of fused-ring (bicyclic) bond motifs is 1. The highest BCUT2D eigenvalue weighted by Crippen LogP contribution is 2.21. The summed E-state index contributed by atoms with van der Waals surface area (Å²) in [5, 5.41) is 0. The van der Waals surface area contributed by atoms with Gasteiger partial charge in [0.25, 0.3) is 0 Å². The van der Waals surface area contributed by atoms with E-state index in [-0.39, 0.29) is 0 Å². The molecule has 0 atom stereocenters. The number of hydrogen-bond donors (Lipinski definition) is 2. The van der Waals surface area contributed by atoms with Crippen LogP contribution in [0.2, 0.25) is 0 Å². The maximum atomic E-state index is 5.78. The van der Waals surface area contributed by atoms with Crippen molar-refractivity contribution >= 4 is 16.9 Å². The summed E-state index contributed by atoms with van der Waals surface area (Å²) in [4.78, 5) is 13.9. The first-order valence-electron chi connectivity index (χ1n) is 5.63. The molecule has 1 aliphatic rings. The van der Waals surface area contributed by atoms with Crippen LogP contribution in [0.4, 0.5) is 5.82 Å². The van der Waals surface area contributed by atoms with Crippen LogP contribution in [0.5, 0.6) is 0 Å². The normalized spacial score (nSPS) is 17.2. The third-order valence-electron chi connectivity index (χ3n) is 3.16. The molecule has 0 radical (unpaired) electrons. The molecule has 1 saturated heterocycles. The van der Waals surface area contributed by atoms with Crippen LogP contribution in [0, 0.1) is 0 Å². The van der Waals surface area contributed by atoms with E-state index in [1.165, 1.54) is 37.8 Å². The van der Waals surface area contributed by atoms with Crippen molar-refractivity contribution < 1.29 is 0 Å². The molecular weight excluding hydrogens is 202 g/mol. The Morgan fingerprint density at radius 2 is 2.12 bits per heavy atom. The maximum Gasteiger partial charge on any atom is 0.151 e. The molecule has 0 aromatic carbocycles. The number of likely N-dealkylation sites (tertiary alicyclic amines) is 1. The molecule has 84 valence electrons. The van der Waals surface area contributed by atoms with E-state index in [0.29, 0.717) is 5.82 Å². The van der Waals surface area contributed by atoms with Gasteiger partial charge >= 0.3 is 0 Å². The Labute approximate surface area is 93.7 Å². The lowest BCUT2D eigenvalue weighted by atomic mass is 10.2. The average molecular weight is 217 g/mol. The highest BCUT2D eigenvalue weighted by Gasteiger charge is 2.15. The van der Waals surface area contributed by atoms with E-state index >= 15 is 0 Å². The van der Waals surface area contributed by atoms with Gasteiger partial charge in [-0.25, -0.2) is 9.97 Å². The van der Waals surface area contributed by atoms with Gasteiger partial charge in [-0.1, -0.05) is 0 Å². The molecule has 0 unspecified atom stereocenters. The molecule has 3 N–H and O–H groups in total. The van der Waals surface area contributed by atoms with Gasteiger partial charge in [-0.05, 0) is 25.9 Å². The quantitative estimate of drug-likeness (QED) is 0.791. The molecule has 16 heavy (non-hydrogen) atoms. The smallest absolute Gasteiger partial charge is 0.151 e. The summed E-state index contributed by atoms with van der Waals surface area (Å²) < 4.78 is 0. The second-order valence-corrected chi connectivity index (χ2v) is 4.28. The molecule has 2 aromatic rings. The van der Waals surface area contributed by atoms with Crippen LogP contribution in [-0.4, -0.2) is 32.9 Å². The van der Waals surface area contributed by atoms with Gasteiger partial charge in [-0.15, -0.1) is 0 Å². The molecule has 0 saturated carbocycles. The first kappa shape index (κ1) is 9.59. The van der Waals surface area contributed by atoms with Crippen LogP contribution in [0.25, 0.3) is 11.0 Å². The van der Waals surface area contributed by atoms with Gasteiger partial charge in [0.15, 0.2) is 5.82 Å². The van der Waals surface area contributed by atoms with Crippen LogP contribution in [-0.2, 0) is 6.54 Å². The molecule has 0 bridgehead atoms. The van der Waals surface area contributed by atoms with Crippen LogP contribution in [0.1, 0.15) is 18.4 Å². The Morgan fingerprint density at radius 3 is 2.94 bits per heavy atom. The lowest BCUT2D eigenvalue weighted by molar-refractivity contribution is 0.332. The zero-order valence-corrected chi connectivity index (χ0v) is 9.11. The molecule has 5 nitrogen and oxygen atoms in total. The highest BCUT2D eigenvalue weighted by molar-refractivity contribution is 5.86. The Balaban J connectivity index is 1.94. The summed E-state index contributed by atoms with van der Waals surface area (Å²) in [5.41, 5.74) is 8.81. The second-order valence-electron chi connectivity index (χ2n) is 4.28. The fraction of sp³-hybridized carbons (Fsp3) is 0.455. The van der Waals surface area contributed by atoms with Crippen LogP contribution in [0.3, 0.4) is 0 Å². The average Bonchev–Trinajstić information content (AvgIpc) is 2.90. The maximum absolute atomic E-state index is 5.78. The number of rotatable bonds is 2. The van der Waals surface area contributed by atoms with E-state index in [1.807, 2.05) is 6.20 Å². The third kappa shape index (κ3) is 1.53. The van der Waals surface area contributed by atoms with E-state index in [9.17, 15) is 0 Å². The van der Waals surface area contributed by atoms with E-state index in [1.54, 1.807) is 0 Å². The molecule has 3 rings (SSSR count). The molecule has 1 fully saturated rings. The first-order valence-corrected chi connectivity index (χ1v) is 5.63. The van der Waals surface area contributed by atoms with Crippen LogP contribution in [0.15, 0.2) is 12.5 Å². The Hall–Kier alpha value is -1.62. The Morgan fingerprint density at radius 1 is 1.31 bits per heavy atom. The van der Waals surface area contributed by atoms with Crippen molar-refractivity contribution in [1.82, 2.24) is 19.9 Å². The summed E-state index contributed by atoms with van der Waals surface area (Å²) >= 11 is 0. The SMILES string of the molecule is Nc1ncnc2c(CN3CCCC3)c[nH]c12. The molecule has 5 heteroatoms. The fourth-order valence-corrected chi connectivity index (χ4v) is 2.31. The van der Waals surface area contributed by atoms with Crippen molar-refractivity contribution in [2.24, 2.45) is 0 Å². The molecule has 1 aliphatic heterocycles. The van der Waals surface area contributed by atoms with Crippen molar-refractivity contribution in [3.8, 4) is 0 Å². The topological polar surface area (TPSA) is 70.8 Å². The Kier molecular flexibility index (Phi) is 2.25.